The largest absolute Gasteiger partial charge is 0.495 e. The first-order valence-electron chi connectivity index (χ1n) is 4.38. The fourth-order valence-corrected chi connectivity index (χ4v) is 1.30. The van der Waals surface area contributed by atoms with E-state index >= 15 is 0 Å². The van der Waals surface area contributed by atoms with Crippen LogP contribution in [-0.2, 0) is 6.42 Å². The molecule has 0 bridgehead atoms. The summed E-state index contributed by atoms with van der Waals surface area (Å²) in [4.78, 5) is 4.02. The van der Waals surface area contributed by atoms with E-state index in [0.29, 0.717) is 0 Å². The molecule has 13 heavy (non-hydrogen) atoms. The lowest BCUT2D eigenvalue weighted by atomic mass is 10.1. The number of ether oxygens (including phenoxy) is 2. The molecule has 0 saturated heterocycles. The van der Waals surface area contributed by atoms with Crippen LogP contribution in [0.25, 0.3) is 0 Å². The van der Waals surface area contributed by atoms with Gasteiger partial charge in [0.2, 0.25) is 0 Å². The molecule has 0 aliphatic carbocycles. The highest BCUT2D eigenvalue weighted by Crippen LogP contribution is 2.27. The van der Waals surface area contributed by atoms with E-state index in [2.05, 4.69) is 11.9 Å². The summed E-state index contributed by atoms with van der Waals surface area (Å²) < 4.78 is 10.4. The third kappa shape index (κ3) is 2.11. The molecule has 3 heteroatoms. The van der Waals surface area contributed by atoms with Crippen LogP contribution in [0.5, 0.6) is 11.5 Å². The van der Waals surface area contributed by atoms with Crippen molar-refractivity contribution in [3.8, 4) is 11.5 Å². The number of pyridine rings is 1. The van der Waals surface area contributed by atoms with Crippen LogP contribution in [0.3, 0.4) is 0 Å². The Kier molecular flexibility index (Phi) is 3.55. The number of hydrogen-bond donors (Lipinski definition) is 0. The van der Waals surface area contributed by atoms with Crippen LogP contribution in [0.1, 0.15) is 18.9 Å². The molecule has 1 aromatic heterocycles. The van der Waals surface area contributed by atoms with E-state index in [1.165, 1.54) is 0 Å². The van der Waals surface area contributed by atoms with Crippen molar-refractivity contribution in [2.75, 3.05) is 14.2 Å². The fourth-order valence-electron chi connectivity index (χ4n) is 1.30. The molecule has 1 aromatic rings. The highest BCUT2D eigenvalue weighted by Gasteiger charge is 2.08. The van der Waals surface area contributed by atoms with Gasteiger partial charge < -0.3 is 9.47 Å². The smallest absolute Gasteiger partial charge is 0.144 e. The van der Waals surface area contributed by atoms with Gasteiger partial charge in [-0.05, 0) is 6.42 Å². The molecule has 0 aromatic carbocycles. The number of rotatable bonds is 4. The van der Waals surface area contributed by atoms with E-state index in [-0.39, 0.29) is 0 Å². The van der Waals surface area contributed by atoms with Gasteiger partial charge in [-0.3, -0.25) is 4.98 Å². The zero-order valence-electron chi connectivity index (χ0n) is 8.33. The SMILES string of the molecule is CCCc1c(OC)cncc1OC. The Bertz CT molecular complexity index is 251. The Labute approximate surface area is 78.7 Å². The van der Waals surface area contributed by atoms with Crippen molar-refractivity contribution in [2.45, 2.75) is 19.8 Å². The third-order valence-corrected chi connectivity index (χ3v) is 1.92. The number of methoxy groups -OCH3 is 2. The van der Waals surface area contributed by atoms with Gasteiger partial charge >= 0.3 is 0 Å². The minimum Gasteiger partial charge on any atom is -0.495 e. The van der Waals surface area contributed by atoms with Crippen LogP contribution >= 0.6 is 0 Å². The summed E-state index contributed by atoms with van der Waals surface area (Å²) in [6.07, 6.45) is 5.45. The molecule has 0 atom stereocenters. The van der Waals surface area contributed by atoms with Gasteiger partial charge in [0, 0.05) is 5.56 Å². The first kappa shape index (κ1) is 9.84. The maximum absolute atomic E-state index is 5.20. The fraction of sp³-hybridized carbons (Fsp3) is 0.500. The quantitative estimate of drug-likeness (QED) is 0.712. The molecule has 0 aliphatic heterocycles. The van der Waals surface area contributed by atoms with E-state index in [9.17, 15) is 0 Å². The second-order valence-corrected chi connectivity index (χ2v) is 2.77. The summed E-state index contributed by atoms with van der Waals surface area (Å²) in [6, 6.07) is 0. The summed E-state index contributed by atoms with van der Waals surface area (Å²) in [6.45, 7) is 2.12. The maximum Gasteiger partial charge on any atom is 0.144 e. The van der Waals surface area contributed by atoms with E-state index in [1.54, 1.807) is 26.6 Å². The molecular formula is C10H15NO2. The van der Waals surface area contributed by atoms with Gasteiger partial charge in [0.1, 0.15) is 11.5 Å². The molecule has 0 aliphatic rings. The molecule has 0 saturated carbocycles. The summed E-state index contributed by atoms with van der Waals surface area (Å²) in [5.41, 5.74) is 1.10. The molecule has 0 amide bonds. The second-order valence-electron chi connectivity index (χ2n) is 2.77. The molecule has 72 valence electrons. The van der Waals surface area contributed by atoms with E-state index in [1.807, 2.05) is 0 Å². The van der Waals surface area contributed by atoms with Crippen LogP contribution in [0.4, 0.5) is 0 Å². The molecule has 0 spiro atoms. The van der Waals surface area contributed by atoms with Crippen molar-refractivity contribution in [3.63, 3.8) is 0 Å². The van der Waals surface area contributed by atoms with E-state index in [4.69, 9.17) is 9.47 Å². The van der Waals surface area contributed by atoms with Crippen molar-refractivity contribution < 1.29 is 9.47 Å². The summed E-state index contributed by atoms with van der Waals surface area (Å²) in [7, 11) is 3.30. The standard InChI is InChI=1S/C10H15NO2/c1-4-5-8-9(12-2)6-11-7-10(8)13-3/h6-7H,4-5H2,1-3H3. The average molecular weight is 181 g/mol. The molecule has 0 N–H and O–H groups in total. The summed E-state index contributed by atoms with van der Waals surface area (Å²) >= 11 is 0. The van der Waals surface area contributed by atoms with Crippen molar-refractivity contribution >= 4 is 0 Å². The summed E-state index contributed by atoms with van der Waals surface area (Å²) in [5, 5.41) is 0. The van der Waals surface area contributed by atoms with Gasteiger partial charge in [0.05, 0.1) is 26.6 Å². The minimum atomic E-state index is 0.807. The Morgan fingerprint density at radius 3 is 2.08 bits per heavy atom. The highest BCUT2D eigenvalue weighted by molar-refractivity contribution is 5.41. The minimum absolute atomic E-state index is 0.807. The predicted molar refractivity (Wildman–Crippen MR) is 51.3 cm³/mol. The van der Waals surface area contributed by atoms with Gasteiger partial charge in [-0.2, -0.15) is 0 Å². The summed E-state index contributed by atoms with van der Waals surface area (Å²) in [5.74, 6) is 1.61. The van der Waals surface area contributed by atoms with Gasteiger partial charge in [-0.25, -0.2) is 0 Å². The monoisotopic (exact) mass is 181 g/mol. The normalized spacial score (nSPS) is 9.77. The Morgan fingerprint density at radius 2 is 1.69 bits per heavy atom. The van der Waals surface area contributed by atoms with E-state index < -0.39 is 0 Å². The predicted octanol–water partition coefficient (Wildman–Crippen LogP) is 2.05. The average Bonchev–Trinajstić information content (AvgIpc) is 2.18. The lowest BCUT2D eigenvalue weighted by molar-refractivity contribution is 0.381. The van der Waals surface area contributed by atoms with Gasteiger partial charge in [-0.15, -0.1) is 0 Å². The lowest BCUT2D eigenvalue weighted by Gasteiger charge is -2.10. The van der Waals surface area contributed by atoms with Crippen LogP contribution in [0, 0.1) is 0 Å². The molecule has 0 unspecified atom stereocenters. The van der Waals surface area contributed by atoms with Crippen LogP contribution in [0.2, 0.25) is 0 Å². The molecular weight excluding hydrogens is 166 g/mol. The first-order chi connectivity index (χ1) is 6.33. The lowest BCUT2D eigenvalue weighted by Crippen LogP contribution is -1.97. The van der Waals surface area contributed by atoms with Crippen molar-refractivity contribution in [3.05, 3.63) is 18.0 Å². The van der Waals surface area contributed by atoms with Gasteiger partial charge in [-0.1, -0.05) is 13.3 Å². The Morgan fingerprint density at radius 1 is 1.15 bits per heavy atom. The maximum atomic E-state index is 5.20. The molecule has 0 radical (unpaired) electrons. The molecule has 0 fully saturated rings. The number of nitrogens with zero attached hydrogens (tertiary/aromatic N) is 1. The first-order valence-corrected chi connectivity index (χ1v) is 4.38. The van der Waals surface area contributed by atoms with Gasteiger partial charge in [0.25, 0.3) is 0 Å². The Balaban J connectivity index is 3.05. The zero-order chi connectivity index (χ0) is 9.68. The zero-order valence-corrected chi connectivity index (χ0v) is 8.33. The second kappa shape index (κ2) is 4.70. The van der Waals surface area contributed by atoms with Crippen LogP contribution in [0.15, 0.2) is 12.4 Å². The van der Waals surface area contributed by atoms with Crippen LogP contribution in [-0.4, -0.2) is 19.2 Å². The van der Waals surface area contributed by atoms with Crippen molar-refractivity contribution in [1.29, 1.82) is 0 Å². The number of hydrogen-bond acceptors (Lipinski definition) is 3. The van der Waals surface area contributed by atoms with E-state index in [0.717, 1.165) is 29.9 Å². The van der Waals surface area contributed by atoms with Crippen molar-refractivity contribution in [1.82, 2.24) is 4.98 Å². The topological polar surface area (TPSA) is 31.4 Å². The third-order valence-electron chi connectivity index (χ3n) is 1.92. The molecule has 3 nitrogen and oxygen atoms in total. The van der Waals surface area contributed by atoms with Crippen LogP contribution < -0.4 is 9.47 Å². The number of aromatic nitrogens is 1. The molecule has 1 rings (SSSR count). The van der Waals surface area contributed by atoms with Crippen molar-refractivity contribution in [2.24, 2.45) is 0 Å². The van der Waals surface area contributed by atoms with Gasteiger partial charge in [0.15, 0.2) is 0 Å². The Hall–Kier alpha value is -1.25. The highest BCUT2D eigenvalue weighted by atomic mass is 16.5. The molecule has 1 heterocycles.